The molecule has 1 amide bonds. The summed E-state index contributed by atoms with van der Waals surface area (Å²) >= 11 is 0. The van der Waals surface area contributed by atoms with E-state index in [0.717, 1.165) is 25.7 Å². The maximum atomic E-state index is 12.4. The Kier molecular flexibility index (Phi) is 4.88. The Balaban J connectivity index is 1.82. The van der Waals surface area contributed by atoms with Crippen LogP contribution in [0, 0.1) is 5.92 Å². The van der Waals surface area contributed by atoms with E-state index in [1.807, 2.05) is 20.8 Å². The first-order valence-electron chi connectivity index (χ1n) is 7.78. The fraction of sp³-hybridized carbons (Fsp3) is 0.688. The number of amides is 1. The molecule has 1 aliphatic rings. The number of nitrogens with one attached hydrogen (secondary N) is 1. The minimum atomic E-state index is -0.489. The number of nitrogens with zero attached hydrogens (tertiary/aromatic N) is 2. The van der Waals surface area contributed by atoms with Crippen LogP contribution in [0.15, 0.2) is 12.3 Å². The van der Waals surface area contributed by atoms with Gasteiger partial charge in [0.15, 0.2) is 5.78 Å². The van der Waals surface area contributed by atoms with Crippen LogP contribution in [0.4, 0.5) is 4.79 Å². The van der Waals surface area contributed by atoms with Crippen LogP contribution in [-0.2, 0) is 11.8 Å². The molecule has 1 aliphatic carbocycles. The number of aryl methyl sites for hydroxylation is 1. The molecule has 2 rings (SSSR count). The van der Waals surface area contributed by atoms with Gasteiger partial charge >= 0.3 is 6.09 Å². The third-order valence-corrected chi connectivity index (χ3v) is 3.89. The SMILES string of the molecule is Cn1nccc1C(=O)[C@H]1CC[C@H](NC(=O)OC(C)(C)C)CC1. The van der Waals surface area contributed by atoms with Gasteiger partial charge in [-0.2, -0.15) is 5.10 Å². The van der Waals surface area contributed by atoms with Crippen molar-refractivity contribution >= 4 is 11.9 Å². The number of ketones is 1. The highest BCUT2D eigenvalue weighted by Crippen LogP contribution is 2.27. The van der Waals surface area contributed by atoms with Crippen molar-refractivity contribution in [2.24, 2.45) is 13.0 Å². The highest BCUT2D eigenvalue weighted by atomic mass is 16.6. The number of hydrogen-bond acceptors (Lipinski definition) is 4. The monoisotopic (exact) mass is 307 g/mol. The second-order valence-corrected chi connectivity index (χ2v) is 6.90. The van der Waals surface area contributed by atoms with Crippen LogP contribution in [0.1, 0.15) is 56.9 Å². The number of carbonyl (C=O) groups excluding carboxylic acids is 2. The lowest BCUT2D eigenvalue weighted by atomic mass is 9.82. The molecule has 1 saturated carbocycles. The summed E-state index contributed by atoms with van der Waals surface area (Å²) in [5.74, 6) is 0.169. The number of ether oxygens (including phenoxy) is 1. The van der Waals surface area contributed by atoms with Gasteiger partial charge in [0.05, 0.1) is 0 Å². The zero-order chi connectivity index (χ0) is 16.3. The normalized spacial score (nSPS) is 22.2. The second kappa shape index (κ2) is 6.50. The highest BCUT2D eigenvalue weighted by Gasteiger charge is 2.29. The second-order valence-electron chi connectivity index (χ2n) is 6.90. The molecule has 6 nitrogen and oxygen atoms in total. The molecule has 0 radical (unpaired) electrons. The predicted molar refractivity (Wildman–Crippen MR) is 82.7 cm³/mol. The molecular formula is C16H25N3O3. The largest absolute Gasteiger partial charge is 0.444 e. The summed E-state index contributed by atoms with van der Waals surface area (Å²) in [6.07, 6.45) is 4.42. The van der Waals surface area contributed by atoms with Crippen LogP contribution < -0.4 is 5.32 Å². The minimum Gasteiger partial charge on any atom is -0.444 e. The van der Waals surface area contributed by atoms with E-state index in [1.54, 1.807) is 24.0 Å². The Morgan fingerprint density at radius 1 is 1.27 bits per heavy atom. The smallest absolute Gasteiger partial charge is 0.407 e. The number of rotatable bonds is 3. The molecule has 0 atom stereocenters. The molecule has 1 N–H and O–H groups in total. The van der Waals surface area contributed by atoms with Crippen molar-refractivity contribution in [3.63, 3.8) is 0 Å². The molecule has 0 unspecified atom stereocenters. The number of aromatic nitrogens is 2. The molecule has 1 aromatic rings. The quantitative estimate of drug-likeness (QED) is 0.871. The fourth-order valence-electron chi connectivity index (χ4n) is 2.80. The number of Topliss-reactive ketones (excluding diaryl/α,β-unsaturated/α-hetero) is 1. The van der Waals surface area contributed by atoms with E-state index < -0.39 is 5.60 Å². The van der Waals surface area contributed by atoms with Crippen LogP contribution in [-0.4, -0.2) is 33.3 Å². The standard InChI is InChI=1S/C16H25N3O3/c1-16(2,3)22-15(21)18-12-7-5-11(6-8-12)14(20)13-9-10-17-19(13)4/h9-12H,5-8H2,1-4H3,(H,18,21)/t11-,12-. The molecule has 0 aromatic carbocycles. The molecule has 6 heteroatoms. The molecule has 122 valence electrons. The molecule has 1 heterocycles. The summed E-state index contributed by atoms with van der Waals surface area (Å²) in [7, 11) is 1.78. The van der Waals surface area contributed by atoms with Gasteiger partial charge in [0, 0.05) is 25.2 Å². The summed E-state index contributed by atoms with van der Waals surface area (Å²) in [6.45, 7) is 5.53. The summed E-state index contributed by atoms with van der Waals surface area (Å²) in [4.78, 5) is 24.2. The van der Waals surface area contributed by atoms with E-state index in [2.05, 4.69) is 10.4 Å². The van der Waals surface area contributed by atoms with Gasteiger partial charge < -0.3 is 10.1 Å². The van der Waals surface area contributed by atoms with Crippen LogP contribution in [0.5, 0.6) is 0 Å². The van der Waals surface area contributed by atoms with Crippen molar-refractivity contribution in [1.29, 1.82) is 0 Å². The van der Waals surface area contributed by atoms with E-state index in [1.165, 1.54) is 0 Å². The summed E-state index contributed by atoms with van der Waals surface area (Å²) in [6, 6.07) is 1.85. The maximum Gasteiger partial charge on any atom is 0.407 e. The van der Waals surface area contributed by atoms with Gasteiger partial charge in [-0.05, 0) is 52.5 Å². The molecule has 0 aliphatic heterocycles. The average molecular weight is 307 g/mol. The first-order chi connectivity index (χ1) is 10.3. The van der Waals surface area contributed by atoms with Crippen LogP contribution >= 0.6 is 0 Å². The molecule has 0 spiro atoms. The molecule has 0 saturated heterocycles. The van der Waals surface area contributed by atoms with Crippen LogP contribution in [0.3, 0.4) is 0 Å². The maximum absolute atomic E-state index is 12.4. The Bertz CT molecular complexity index is 537. The van der Waals surface area contributed by atoms with Gasteiger partial charge in [-0.25, -0.2) is 4.79 Å². The summed E-state index contributed by atoms with van der Waals surface area (Å²) in [5, 5.41) is 6.93. The summed E-state index contributed by atoms with van der Waals surface area (Å²) in [5.41, 5.74) is 0.167. The molecular weight excluding hydrogens is 282 g/mol. The Morgan fingerprint density at radius 3 is 2.41 bits per heavy atom. The third-order valence-electron chi connectivity index (χ3n) is 3.89. The van der Waals surface area contributed by atoms with Crippen LogP contribution in [0.2, 0.25) is 0 Å². The van der Waals surface area contributed by atoms with Crippen molar-refractivity contribution in [1.82, 2.24) is 15.1 Å². The predicted octanol–water partition coefficient (Wildman–Crippen LogP) is 2.69. The molecule has 1 fully saturated rings. The van der Waals surface area contributed by atoms with Gasteiger partial charge in [-0.15, -0.1) is 0 Å². The van der Waals surface area contributed by atoms with Crippen molar-refractivity contribution < 1.29 is 14.3 Å². The van der Waals surface area contributed by atoms with Crippen molar-refractivity contribution in [3.05, 3.63) is 18.0 Å². The molecule has 22 heavy (non-hydrogen) atoms. The third kappa shape index (κ3) is 4.32. The van der Waals surface area contributed by atoms with Crippen molar-refractivity contribution in [2.45, 2.75) is 58.1 Å². The lowest BCUT2D eigenvalue weighted by Crippen LogP contribution is -2.41. The average Bonchev–Trinajstić information content (AvgIpc) is 2.83. The van der Waals surface area contributed by atoms with Crippen LogP contribution in [0.25, 0.3) is 0 Å². The van der Waals surface area contributed by atoms with Gasteiger partial charge in [0.1, 0.15) is 11.3 Å². The Hall–Kier alpha value is -1.85. The van der Waals surface area contributed by atoms with Gasteiger partial charge in [0.2, 0.25) is 0 Å². The Morgan fingerprint density at radius 2 is 1.91 bits per heavy atom. The lowest BCUT2D eigenvalue weighted by Gasteiger charge is -2.29. The number of hydrogen-bond donors (Lipinski definition) is 1. The topological polar surface area (TPSA) is 73.2 Å². The molecule has 0 bridgehead atoms. The Labute approximate surface area is 131 Å². The molecule has 1 aromatic heterocycles. The zero-order valence-electron chi connectivity index (χ0n) is 13.8. The van der Waals surface area contributed by atoms with E-state index in [0.29, 0.717) is 5.69 Å². The van der Waals surface area contributed by atoms with E-state index >= 15 is 0 Å². The number of carbonyl (C=O) groups is 2. The first-order valence-corrected chi connectivity index (χ1v) is 7.78. The lowest BCUT2D eigenvalue weighted by molar-refractivity contribution is 0.0487. The van der Waals surface area contributed by atoms with Crippen molar-refractivity contribution in [2.75, 3.05) is 0 Å². The highest BCUT2D eigenvalue weighted by molar-refractivity contribution is 5.96. The van der Waals surface area contributed by atoms with E-state index in [9.17, 15) is 9.59 Å². The number of alkyl carbamates (subject to hydrolysis) is 1. The van der Waals surface area contributed by atoms with E-state index in [4.69, 9.17) is 4.74 Å². The van der Waals surface area contributed by atoms with Crippen molar-refractivity contribution in [3.8, 4) is 0 Å². The van der Waals surface area contributed by atoms with Gasteiger partial charge in [-0.3, -0.25) is 9.48 Å². The van der Waals surface area contributed by atoms with Gasteiger partial charge in [-0.1, -0.05) is 0 Å². The fourth-order valence-corrected chi connectivity index (χ4v) is 2.80. The van der Waals surface area contributed by atoms with Gasteiger partial charge in [0.25, 0.3) is 0 Å². The van der Waals surface area contributed by atoms with E-state index in [-0.39, 0.29) is 23.8 Å². The zero-order valence-corrected chi connectivity index (χ0v) is 13.8. The first kappa shape index (κ1) is 16.5. The minimum absolute atomic E-state index is 0.0205. The summed E-state index contributed by atoms with van der Waals surface area (Å²) < 4.78 is 6.88.